The molecule has 1 unspecified atom stereocenters. The highest BCUT2D eigenvalue weighted by Crippen LogP contribution is 2.13. The number of allylic oxidation sites excluding steroid dienone is 2. The lowest BCUT2D eigenvalue weighted by atomic mass is 10.6. The summed E-state index contributed by atoms with van der Waals surface area (Å²) < 4.78 is 0. The topological polar surface area (TPSA) is 17.1 Å². The predicted octanol–water partition coefficient (Wildman–Crippen LogP) is 0.850. The van der Waals surface area contributed by atoms with Crippen LogP contribution in [0.3, 0.4) is 0 Å². The summed E-state index contributed by atoms with van der Waals surface area (Å²) in [6, 6.07) is 0. The third-order valence-electron chi connectivity index (χ3n) is 0.773. The van der Waals surface area contributed by atoms with Gasteiger partial charge in [-0.15, -0.1) is 10.5 Å². The van der Waals surface area contributed by atoms with E-state index < -0.39 is 0 Å². The van der Waals surface area contributed by atoms with Gasteiger partial charge in [0.05, 0.1) is 5.75 Å². The molecule has 1 radical (unpaired) electrons. The normalized spacial score (nSPS) is 23.2. The lowest BCUT2D eigenvalue weighted by Gasteiger charge is -1.82. The van der Waals surface area contributed by atoms with Gasteiger partial charge in [0.2, 0.25) is 6.29 Å². The van der Waals surface area contributed by atoms with Crippen molar-refractivity contribution >= 4 is 21.8 Å². The zero-order chi connectivity index (χ0) is 5.82. The van der Waals surface area contributed by atoms with Crippen LogP contribution in [0.15, 0.2) is 17.6 Å². The fraction of sp³-hybridized carbons (Fsp3) is 0.167. The summed E-state index contributed by atoms with van der Waals surface area (Å²) in [6.07, 6.45) is 5.58. The Bertz CT molecular complexity index is 185. The summed E-state index contributed by atoms with van der Waals surface area (Å²) in [6.45, 7) is 0. The van der Waals surface area contributed by atoms with Crippen molar-refractivity contribution in [2.75, 3.05) is 5.75 Å². The largest absolute Gasteiger partial charge is 0.290 e. The van der Waals surface area contributed by atoms with Crippen molar-refractivity contribution < 1.29 is 4.79 Å². The van der Waals surface area contributed by atoms with Gasteiger partial charge in [-0.25, -0.2) is 0 Å². The van der Waals surface area contributed by atoms with E-state index in [0.29, 0.717) is 5.75 Å². The van der Waals surface area contributed by atoms with E-state index in [2.05, 4.69) is 5.02 Å². The van der Waals surface area contributed by atoms with Gasteiger partial charge in [-0.3, -0.25) is 4.79 Å². The van der Waals surface area contributed by atoms with Crippen molar-refractivity contribution in [2.45, 2.75) is 0 Å². The Morgan fingerprint density at radius 3 is 3.12 bits per heavy atom. The molecule has 1 aliphatic rings. The minimum atomic E-state index is -0.0370. The Morgan fingerprint density at radius 2 is 2.62 bits per heavy atom. The first-order chi connectivity index (χ1) is 3.93. The molecule has 8 heavy (non-hydrogen) atoms. The third kappa shape index (κ3) is 1.19. The number of rotatable bonds is 2. The van der Waals surface area contributed by atoms with Crippen LogP contribution in [0.2, 0.25) is 0 Å². The monoisotopic (exact) mass is 125 g/mol. The maximum atomic E-state index is 9.76. The molecule has 0 aromatic heterocycles. The Morgan fingerprint density at radius 1 is 1.75 bits per heavy atom. The van der Waals surface area contributed by atoms with Gasteiger partial charge in [0.25, 0.3) is 0 Å². The highest BCUT2D eigenvalue weighted by Gasteiger charge is 1.88. The van der Waals surface area contributed by atoms with E-state index in [9.17, 15) is 4.79 Å². The van der Waals surface area contributed by atoms with Crippen molar-refractivity contribution in [3.8, 4) is 0 Å². The summed E-state index contributed by atoms with van der Waals surface area (Å²) in [5.41, 5.74) is 0. The minimum Gasteiger partial charge on any atom is -0.290 e. The molecule has 1 aliphatic heterocycles. The van der Waals surface area contributed by atoms with Crippen LogP contribution in [-0.2, 0) is 4.79 Å². The molecule has 0 bridgehead atoms. The molecular weight excluding hydrogens is 120 g/mol. The van der Waals surface area contributed by atoms with Crippen LogP contribution in [0, 0.1) is 0 Å². The summed E-state index contributed by atoms with van der Waals surface area (Å²) in [5, 5.41) is 4.95. The Balaban J connectivity index is 2.60. The van der Waals surface area contributed by atoms with Crippen molar-refractivity contribution in [1.82, 2.24) is 0 Å². The molecular formula is C6H5OS. The summed E-state index contributed by atoms with van der Waals surface area (Å²) in [7, 11) is -0.0370. The maximum Gasteiger partial charge on any atom is 0.209 e. The van der Waals surface area contributed by atoms with Crippen LogP contribution < -0.4 is 0 Å². The lowest BCUT2D eigenvalue weighted by molar-refractivity contribution is 0.560. The van der Waals surface area contributed by atoms with Gasteiger partial charge in [-0.1, -0.05) is 5.02 Å². The molecule has 2 heteroatoms. The molecule has 1 rings (SSSR count). The van der Waals surface area contributed by atoms with Crippen molar-refractivity contribution in [2.24, 2.45) is 0 Å². The molecule has 0 amide bonds. The smallest absolute Gasteiger partial charge is 0.209 e. The van der Waals surface area contributed by atoms with Crippen molar-refractivity contribution in [3.05, 3.63) is 17.6 Å². The van der Waals surface area contributed by atoms with Crippen LogP contribution in [0.4, 0.5) is 0 Å². The van der Waals surface area contributed by atoms with Crippen LogP contribution >= 0.6 is 10.5 Å². The van der Waals surface area contributed by atoms with Gasteiger partial charge in [0.1, 0.15) is 0 Å². The second-order valence-electron chi connectivity index (χ2n) is 1.33. The van der Waals surface area contributed by atoms with E-state index in [1.165, 1.54) is 0 Å². The summed E-state index contributed by atoms with van der Waals surface area (Å²) in [5.74, 6) is 0.479. The molecule has 0 aromatic rings. The predicted molar refractivity (Wildman–Crippen MR) is 36.9 cm³/mol. The van der Waals surface area contributed by atoms with E-state index in [1.54, 1.807) is 0 Å². The van der Waals surface area contributed by atoms with E-state index in [1.807, 2.05) is 23.8 Å². The van der Waals surface area contributed by atoms with Crippen LogP contribution in [-0.4, -0.2) is 17.1 Å². The van der Waals surface area contributed by atoms with Gasteiger partial charge in [-0.05, 0) is 17.6 Å². The molecule has 0 aliphatic carbocycles. The first-order valence-corrected chi connectivity index (χ1v) is 3.70. The molecule has 0 spiro atoms. The second-order valence-corrected chi connectivity index (χ2v) is 2.98. The zero-order valence-corrected chi connectivity index (χ0v) is 5.07. The summed E-state index contributed by atoms with van der Waals surface area (Å²) in [4.78, 5) is 9.76. The Labute approximate surface area is 50.6 Å². The Hall–Kier alpha value is -0.590. The number of hydrogen-bond acceptors (Lipinski definition) is 1. The molecule has 1 heterocycles. The van der Waals surface area contributed by atoms with E-state index in [0.717, 1.165) is 0 Å². The third-order valence-corrected chi connectivity index (χ3v) is 2.13. The fourth-order valence-electron chi connectivity index (χ4n) is 0.453. The Kier molecular flexibility index (Phi) is 1.84. The lowest BCUT2D eigenvalue weighted by Crippen LogP contribution is -1.75. The first kappa shape index (κ1) is 5.54. The average molecular weight is 125 g/mol. The number of carbonyl (C=O) groups excluding carboxylic acids is 1. The van der Waals surface area contributed by atoms with E-state index in [4.69, 9.17) is 0 Å². The summed E-state index contributed by atoms with van der Waals surface area (Å²) >= 11 is 0. The molecule has 0 N–H and O–H groups in total. The fourth-order valence-corrected chi connectivity index (χ4v) is 1.36. The van der Waals surface area contributed by atoms with Gasteiger partial charge in [0, 0.05) is 0 Å². The molecule has 41 valence electrons. The van der Waals surface area contributed by atoms with Gasteiger partial charge >= 0.3 is 0 Å². The van der Waals surface area contributed by atoms with Gasteiger partial charge in [0.15, 0.2) is 0 Å². The minimum absolute atomic E-state index is 0.0370. The van der Waals surface area contributed by atoms with Crippen molar-refractivity contribution in [3.63, 3.8) is 0 Å². The molecule has 0 aromatic carbocycles. The van der Waals surface area contributed by atoms with Gasteiger partial charge in [-0.2, -0.15) is 0 Å². The van der Waals surface area contributed by atoms with Crippen LogP contribution in [0.1, 0.15) is 0 Å². The first-order valence-electron chi connectivity index (χ1n) is 2.24. The van der Waals surface area contributed by atoms with Crippen molar-refractivity contribution in [1.29, 1.82) is 0 Å². The molecule has 0 fully saturated rings. The van der Waals surface area contributed by atoms with Gasteiger partial charge < -0.3 is 0 Å². The molecule has 0 saturated heterocycles. The van der Waals surface area contributed by atoms with Crippen LogP contribution in [0.25, 0.3) is 0 Å². The molecule has 1 atom stereocenters. The highest BCUT2D eigenvalue weighted by molar-refractivity contribution is 8.17. The standard InChI is InChI=1S/C6H5OS/c7-3-6-8-4-1-2-5-8/h1-2,4H,6H2. The quantitative estimate of drug-likeness (QED) is 0.500. The zero-order valence-electron chi connectivity index (χ0n) is 4.26. The molecule has 1 nitrogen and oxygen atoms in total. The van der Waals surface area contributed by atoms with Crippen LogP contribution in [0.5, 0.6) is 0 Å². The second kappa shape index (κ2) is 2.65. The highest BCUT2D eigenvalue weighted by atomic mass is 32.2. The average Bonchev–Trinajstić information content (AvgIpc) is 2.19. The van der Waals surface area contributed by atoms with E-state index in [-0.39, 0.29) is 10.5 Å². The number of hydrogen-bond donors (Lipinski definition) is 0. The molecule has 0 saturated carbocycles. The van der Waals surface area contributed by atoms with E-state index >= 15 is 0 Å². The SMILES string of the molecule is O=[C]CS1=C=CC=C1. The maximum absolute atomic E-state index is 9.76.